The number of hydrogen-bond donors (Lipinski definition) is 4. The van der Waals surface area contributed by atoms with Gasteiger partial charge in [0.2, 0.25) is 5.91 Å². The quantitative estimate of drug-likeness (QED) is 0.166. The van der Waals surface area contributed by atoms with Gasteiger partial charge in [-0.05, 0) is 54.4 Å². The number of aromatic hydroxyl groups is 1. The van der Waals surface area contributed by atoms with E-state index in [1.807, 2.05) is 24.3 Å². The Balaban J connectivity index is 1.36. The van der Waals surface area contributed by atoms with Crippen molar-refractivity contribution in [3.05, 3.63) is 97.0 Å². The number of thiophene rings is 2. The third-order valence-electron chi connectivity index (χ3n) is 5.33. The van der Waals surface area contributed by atoms with Gasteiger partial charge in [0.05, 0.1) is 25.9 Å². The molecule has 2 aromatic carbocycles. The molecule has 0 fully saturated rings. The number of primary amides is 1. The lowest BCUT2D eigenvalue weighted by Gasteiger charge is -2.04. The van der Waals surface area contributed by atoms with E-state index in [2.05, 4.69) is 31.8 Å². The number of hydrazone groups is 1. The standard InChI is InChI=1S/C26H21BrN4O4S2/c1-14(19-13-36-23(22(19)32)16-6-8-18(27)9-7-16)30-31-26(35)21-11-10-20(37-21)25(34)29-12-15-2-4-17(5-3-15)24(28)33/h2-11,13,32H,12H2,1H3,(H2,28,33)(H,29,34)(H,31,35)/b30-14+. The second-order valence-electron chi connectivity index (χ2n) is 7.88. The van der Waals surface area contributed by atoms with E-state index < -0.39 is 11.8 Å². The van der Waals surface area contributed by atoms with Crippen molar-refractivity contribution in [2.24, 2.45) is 10.8 Å². The lowest BCUT2D eigenvalue weighted by molar-refractivity contribution is 0.0950. The second kappa shape index (κ2) is 11.5. The van der Waals surface area contributed by atoms with Crippen LogP contribution in [0, 0.1) is 0 Å². The van der Waals surface area contributed by atoms with Crippen molar-refractivity contribution < 1.29 is 19.5 Å². The van der Waals surface area contributed by atoms with Gasteiger partial charge >= 0.3 is 0 Å². The molecule has 4 aromatic rings. The van der Waals surface area contributed by atoms with E-state index in [0.29, 0.717) is 31.5 Å². The van der Waals surface area contributed by atoms with Crippen LogP contribution in [0.25, 0.3) is 10.4 Å². The van der Waals surface area contributed by atoms with E-state index in [1.165, 1.54) is 11.3 Å². The number of nitrogens with one attached hydrogen (secondary N) is 2. The third-order valence-corrected chi connectivity index (χ3v) is 7.96. The summed E-state index contributed by atoms with van der Waals surface area (Å²) >= 11 is 5.82. The zero-order valence-corrected chi connectivity index (χ0v) is 22.7. The van der Waals surface area contributed by atoms with Crippen molar-refractivity contribution >= 4 is 62.0 Å². The summed E-state index contributed by atoms with van der Waals surface area (Å²) in [6.07, 6.45) is 0. The highest BCUT2D eigenvalue weighted by atomic mass is 79.9. The maximum absolute atomic E-state index is 12.6. The fraction of sp³-hybridized carbons (Fsp3) is 0.0769. The molecule has 8 nitrogen and oxygen atoms in total. The van der Waals surface area contributed by atoms with Crippen LogP contribution in [0.1, 0.15) is 47.8 Å². The minimum atomic E-state index is -0.517. The fourth-order valence-electron chi connectivity index (χ4n) is 3.30. The van der Waals surface area contributed by atoms with E-state index in [0.717, 1.165) is 26.9 Å². The number of amides is 3. The SMILES string of the molecule is C/C(=N\NC(=O)c1ccc(C(=O)NCc2ccc(C(N)=O)cc2)s1)c1csc(-c2ccc(Br)cc2)c1O. The Kier molecular flexibility index (Phi) is 8.17. The number of halogens is 1. The van der Waals surface area contributed by atoms with Crippen LogP contribution in [0.15, 0.2) is 75.6 Å². The van der Waals surface area contributed by atoms with E-state index in [9.17, 15) is 19.5 Å². The smallest absolute Gasteiger partial charge is 0.281 e. The van der Waals surface area contributed by atoms with Gasteiger partial charge in [-0.15, -0.1) is 22.7 Å². The summed E-state index contributed by atoms with van der Waals surface area (Å²) in [5, 5.41) is 19.4. The average molecular weight is 598 g/mol. The largest absolute Gasteiger partial charge is 0.506 e. The first-order valence-corrected chi connectivity index (χ1v) is 13.4. The normalized spacial score (nSPS) is 11.2. The molecule has 0 saturated heterocycles. The van der Waals surface area contributed by atoms with E-state index in [1.54, 1.807) is 48.7 Å². The highest BCUT2D eigenvalue weighted by Crippen LogP contribution is 2.39. The van der Waals surface area contributed by atoms with Crippen LogP contribution >= 0.6 is 38.6 Å². The zero-order chi connectivity index (χ0) is 26.5. The average Bonchev–Trinajstić information content (AvgIpc) is 3.54. The van der Waals surface area contributed by atoms with Crippen LogP contribution in [0.5, 0.6) is 5.75 Å². The highest BCUT2D eigenvalue weighted by Gasteiger charge is 2.17. The van der Waals surface area contributed by atoms with Gasteiger partial charge in [0.25, 0.3) is 11.8 Å². The summed E-state index contributed by atoms with van der Waals surface area (Å²) in [7, 11) is 0. The Morgan fingerprint density at radius 2 is 1.62 bits per heavy atom. The van der Waals surface area contributed by atoms with Gasteiger partial charge in [0, 0.05) is 22.0 Å². The Morgan fingerprint density at radius 1 is 0.973 bits per heavy atom. The minimum Gasteiger partial charge on any atom is -0.506 e. The summed E-state index contributed by atoms with van der Waals surface area (Å²) < 4.78 is 0.943. The number of carbonyl (C=O) groups is 3. The Morgan fingerprint density at radius 3 is 2.27 bits per heavy atom. The van der Waals surface area contributed by atoms with E-state index >= 15 is 0 Å². The molecule has 0 saturated carbocycles. The summed E-state index contributed by atoms with van der Waals surface area (Å²) in [6, 6.07) is 17.3. The topological polar surface area (TPSA) is 134 Å². The van der Waals surface area contributed by atoms with Crippen LogP contribution in [0.3, 0.4) is 0 Å². The molecule has 2 heterocycles. The maximum Gasteiger partial charge on any atom is 0.281 e. The lowest BCUT2D eigenvalue weighted by Crippen LogP contribution is -2.22. The number of benzene rings is 2. The summed E-state index contributed by atoms with van der Waals surface area (Å²) in [6.45, 7) is 1.95. The van der Waals surface area contributed by atoms with Crippen LogP contribution in [-0.4, -0.2) is 28.5 Å². The molecule has 0 bridgehead atoms. The lowest BCUT2D eigenvalue weighted by atomic mass is 10.1. The number of rotatable bonds is 8. The van der Waals surface area contributed by atoms with Gasteiger partial charge in [0.15, 0.2) is 0 Å². The van der Waals surface area contributed by atoms with Crippen LogP contribution in [0.2, 0.25) is 0 Å². The molecule has 0 spiro atoms. The zero-order valence-electron chi connectivity index (χ0n) is 19.4. The maximum atomic E-state index is 12.6. The Bertz CT molecular complexity index is 1490. The molecule has 11 heteroatoms. The van der Waals surface area contributed by atoms with E-state index in [-0.39, 0.29) is 18.2 Å². The molecule has 0 atom stereocenters. The van der Waals surface area contributed by atoms with Crippen molar-refractivity contribution in [1.29, 1.82) is 0 Å². The molecule has 3 amide bonds. The second-order valence-corrected chi connectivity index (χ2v) is 10.8. The van der Waals surface area contributed by atoms with Crippen molar-refractivity contribution in [1.82, 2.24) is 10.7 Å². The first-order valence-electron chi connectivity index (χ1n) is 10.9. The molecular formula is C26H21BrN4O4S2. The van der Waals surface area contributed by atoms with Crippen molar-refractivity contribution in [2.75, 3.05) is 0 Å². The Labute approximate surface area is 229 Å². The fourth-order valence-corrected chi connectivity index (χ4v) is 5.39. The summed E-state index contributed by atoms with van der Waals surface area (Å²) in [5.74, 6) is -1.21. The number of carbonyl (C=O) groups excluding carboxylic acids is 3. The van der Waals surface area contributed by atoms with Crippen LogP contribution < -0.4 is 16.5 Å². The molecule has 188 valence electrons. The predicted octanol–water partition coefficient (Wildman–Crippen LogP) is 5.13. The van der Waals surface area contributed by atoms with E-state index in [4.69, 9.17) is 5.73 Å². The molecule has 0 aliphatic rings. The molecule has 2 aromatic heterocycles. The minimum absolute atomic E-state index is 0.0992. The molecule has 4 rings (SSSR count). The molecule has 37 heavy (non-hydrogen) atoms. The van der Waals surface area contributed by atoms with Gasteiger partial charge in [-0.1, -0.05) is 40.2 Å². The summed E-state index contributed by atoms with van der Waals surface area (Å²) in [5.41, 5.74) is 10.8. The van der Waals surface area contributed by atoms with Gasteiger partial charge in [-0.25, -0.2) is 5.43 Å². The molecular weight excluding hydrogens is 576 g/mol. The molecule has 5 N–H and O–H groups in total. The van der Waals surface area contributed by atoms with Crippen molar-refractivity contribution in [2.45, 2.75) is 13.5 Å². The summed E-state index contributed by atoms with van der Waals surface area (Å²) in [4.78, 5) is 37.6. The van der Waals surface area contributed by atoms with Gasteiger partial charge in [-0.2, -0.15) is 5.10 Å². The molecule has 0 aliphatic heterocycles. The monoisotopic (exact) mass is 596 g/mol. The third kappa shape index (κ3) is 6.31. The van der Waals surface area contributed by atoms with Crippen LogP contribution in [-0.2, 0) is 6.54 Å². The molecule has 0 radical (unpaired) electrons. The number of nitrogens with two attached hydrogens (primary N) is 1. The van der Waals surface area contributed by atoms with Gasteiger partial charge in [0.1, 0.15) is 5.75 Å². The Hall–Kier alpha value is -3.80. The van der Waals surface area contributed by atoms with Crippen molar-refractivity contribution in [3.8, 4) is 16.2 Å². The first kappa shape index (κ1) is 26.3. The predicted molar refractivity (Wildman–Crippen MR) is 149 cm³/mol. The number of nitrogens with zero attached hydrogens (tertiary/aromatic N) is 1. The number of hydrogen-bond acceptors (Lipinski definition) is 7. The van der Waals surface area contributed by atoms with Gasteiger partial charge in [-0.3, -0.25) is 14.4 Å². The van der Waals surface area contributed by atoms with Crippen LogP contribution in [0.4, 0.5) is 0 Å². The molecule has 0 unspecified atom stereocenters. The highest BCUT2D eigenvalue weighted by molar-refractivity contribution is 9.10. The first-order chi connectivity index (χ1) is 17.7. The molecule has 0 aliphatic carbocycles. The van der Waals surface area contributed by atoms with Gasteiger partial charge < -0.3 is 16.2 Å². The van der Waals surface area contributed by atoms with Crippen molar-refractivity contribution in [3.63, 3.8) is 0 Å².